The molecule has 0 aliphatic rings. The van der Waals surface area contributed by atoms with Gasteiger partial charge >= 0.3 is 0 Å². The summed E-state index contributed by atoms with van der Waals surface area (Å²) in [4.78, 5) is 0. The number of ether oxygens (including phenoxy) is 2. The van der Waals surface area contributed by atoms with E-state index >= 15 is 0 Å². The quantitative estimate of drug-likeness (QED) is 0.770. The van der Waals surface area contributed by atoms with Crippen molar-refractivity contribution in [2.24, 2.45) is 0 Å². The molecule has 0 amide bonds. The van der Waals surface area contributed by atoms with E-state index in [1.807, 2.05) is 44.2 Å². The fraction of sp³-hybridized carbons (Fsp3) is 0.333. The Hall–Kier alpha value is -1.96. The molecule has 20 heavy (non-hydrogen) atoms. The van der Waals surface area contributed by atoms with Crippen molar-refractivity contribution in [2.45, 2.75) is 39.4 Å². The molecule has 0 fully saturated rings. The van der Waals surface area contributed by atoms with Crippen LogP contribution in [-0.4, -0.2) is 12.2 Å². The standard InChI is InChI=1S/C18H22O2/c1-14(2)19-17-10-7-11-18(13-17)20-15(3)12-16-8-5-4-6-9-16/h4-11,13-15H,12H2,1-3H3/t15-/m0/s1. The molecule has 0 saturated heterocycles. The van der Waals surface area contributed by atoms with Gasteiger partial charge in [-0.2, -0.15) is 0 Å². The first-order chi connectivity index (χ1) is 9.63. The first-order valence-electron chi connectivity index (χ1n) is 7.11. The van der Waals surface area contributed by atoms with E-state index in [-0.39, 0.29) is 12.2 Å². The lowest BCUT2D eigenvalue weighted by Gasteiger charge is -2.16. The van der Waals surface area contributed by atoms with Crippen molar-refractivity contribution in [2.75, 3.05) is 0 Å². The summed E-state index contributed by atoms with van der Waals surface area (Å²) in [6.07, 6.45) is 1.20. The van der Waals surface area contributed by atoms with E-state index in [0.29, 0.717) is 0 Å². The van der Waals surface area contributed by atoms with Crippen LogP contribution in [0, 0.1) is 0 Å². The predicted octanol–water partition coefficient (Wildman–Crippen LogP) is 4.48. The van der Waals surface area contributed by atoms with Gasteiger partial charge in [-0.25, -0.2) is 0 Å². The Kier molecular flexibility index (Phi) is 5.05. The van der Waals surface area contributed by atoms with Crippen LogP contribution in [0.5, 0.6) is 11.5 Å². The molecule has 1 atom stereocenters. The maximum Gasteiger partial charge on any atom is 0.123 e. The van der Waals surface area contributed by atoms with Crippen LogP contribution >= 0.6 is 0 Å². The average molecular weight is 270 g/mol. The van der Waals surface area contributed by atoms with Gasteiger partial charge in [-0.05, 0) is 38.5 Å². The van der Waals surface area contributed by atoms with Gasteiger partial charge in [0.1, 0.15) is 11.5 Å². The van der Waals surface area contributed by atoms with E-state index < -0.39 is 0 Å². The van der Waals surface area contributed by atoms with Gasteiger partial charge in [-0.1, -0.05) is 36.4 Å². The molecule has 2 nitrogen and oxygen atoms in total. The summed E-state index contributed by atoms with van der Waals surface area (Å²) in [5.41, 5.74) is 1.29. The minimum absolute atomic E-state index is 0.131. The zero-order chi connectivity index (χ0) is 14.4. The van der Waals surface area contributed by atoms with Crippen LogP contribution in [0.1, 0.15) is 26.3 Å². The lowest BCUT2D eigenvalue weighted by Crippen LogP contribution is -2.15. The molecule has 0 unspecified atom stereocenters. The SMILES string of the molecule is CC(C)Oc1cccc(O[C@@H](C)Cc2ccccc2)c1. The highest BCUT2D eigenvalue weighted by molar-refractivity contribution is 5.33. The molecule has 2 rings (SSSR count). The largest absolute Gasteiger partial charge is 0.491 e. The van der Waals surface area contributed by atoms with Crippen molar-refractivity contribution >= 4 is 0 Å². The third-order valence-corrected chi connectivity index (χ3v) is 2.88. The van der Waals surface area contributed by atoms with Crippen molar-refractivity contribution in [3.63, 3.8) is 0 Å². The number of benzene rings is 2. The Balaban J connectivity index is 1.95. The van der Waals surface area contributed by atoms with E-state index in [2.05, 4.69) is 31.2 Å². The zero-order valence-corrected chi connectivity index (χ0v) is 12.4. The molecular weight excluding hydrogens is 248 g/mol. The van der Waals surface area contributed by atoms with Crippen LogP contribution in [0.3, 0.4) is 0 Å². The zero-order valence-electron chi connectivity index (χ0n) is 12.4. The molecular formula is C18H22O2. The van der Waals surface area contributed by atoms with Gasteiger partial charge in [0.2, 0.25) is 0 Å². The Morgan fingerprint density at radius 1 is 0.800 bits per heavy atom. The molecule has 2 heteroatoms. The summed E-state index contributed by atoms with van der Waals surface area (Å²) in [6.45, 7) is 6.13. The lowest BCUT2D eigenvalue weighted by molar-refractivity contribution is 0.216. The summed E-state index contributed by atoms with van der Waals surface area (Å²) < 4.78 is 11.6. The normalized spacial score (nSPS) is 12.2. The molecule has 0 heterocycles. The number of rotatable bonds is 6. The second-order valence-corrected chi connectivity index (χ2v) is 5.26. The maximum atomic E-state index is 5.96. The Morgan fingerprint density at radius 2 is 1.45 bits per heavy atom. The van der Waals surface area contributed by atoms with Crippen molar-refractivity contribution in [3.8, 4) is 11.5 Å². The predicted molar refractivity (Wildman–Crippen MR) is 82.4 cm³/mol. The summed E-state index contributed by atoms with van der Waals surface area (Å²) in [5, 5.41) is 0. The molecule has 2 aromatic rings. The van der Waals surface area contributed by atoms with E-state index in [1.165, 1.54) is 5.56 Å². The molecule has 0 aliphatic heterocycles. The van der Waals surface area contributed by atoms with Crippen LogP contribution in [0.4, 0.5) is 0 Å². The molecule has 0 radical (unpaired) electrons. The molecule has 2 aromatic carbocycles. The average Bonchev–Trinajstić information content (AvgIpc) is 2.39. The van der Waals surface area contributed by atoms with Crippen LogP contribution in [0.25, 0.3) is 0 Å². The molecule has 0 N–H and O–H groups in total. The summed E-state index contributed by atoms with van der Waals surface area (Å²) in [7, 11) is 0. The van der Waals surface area contributed by atoms with Crippen molar-refractivity contribution in [1.82, 2.24) is 0 Å². The Morgan fingerprint density at radius 3 is 2.10 bits per heavy atom. The monoisotopic (exact) mass is 270 g/mol. The van der Waals surface area contributed by atoms with Crippen LogP contribution in [-0.2, 0) is 6.42 Å². The van der Waals surface area contributed by atoms with Crippen LogP contribution in [0.2, 0.25) is 0 Å². The van der Waals surface area contributed by atoms with E-state index in [0.717, 1.165) is 17.9 Å². The molecule has 0 aliphatic carbocycles. The molecule has 106 valence electrons. The first kappa shape index (κ1) is 14.4. The topological polar surface area (TPSA) is 18.5 Å². The first-order valence-corrected chi connectivity index (χ1v) is 7.11. The van der Waals surface area contributed by atoms with E-state index in [1.54, 1.807) is 0 Å². The Bertz CT molecular complexity index is 520. The van der Waals surface area contributed by atoms with Gasteiger partial charge in [0.05, 0.1) is 12.2 Å². The van der Waals surface area contributed by atoms with Crippen molar-refractivity contribution in [3.05, 3.63) is 60.2 Å². The lowest BCUT2D eigenvalue weighted by atomic mass is 10.1. The minimum atomic E-state index is 0.131. The molecule has 0 bridgehead atoms. The van der Waals surface area contributed by atoms with E-state index in [9.17, 15) is 0 Å². The summed E-state index contributed by atoms with van der Waals surface area (Å²) in [5.74, 6) is 1.70. The van der Waals surface area contributed by atoms with Gasteiger partial charge in [0, 0.05) is 12.5 Å². The fourth-order valence-electron chi connectivity index (χ4n) is 2.11. The van der Waals surface area contributed by atoms with Gasteiger partial charge < -0.3 is 9.47 Å². The van der Waals surface area contributed by atoms with Crippen LogP contribution in [0.15, 0.2) is 54.6 Å². The second kappa shape index (κ2) is 6.99. The van der Waals surface area contributed by atoms with Gasteiger partial charge in [0.15, 0.2) is 0 Å². The van der Waals surface area contributed by atoms with Gasteiger partial charge in [-0.15, -0.1) is 0 Å². The summed E-state index contributed by atoms with van der Waals surface area (Å²) >= 11 is 0. The van der Waals surface area contributed by atoms with E-state index in [4.69, 9.17) is 9.47 Å². The fourth-order valence-corrected chi connectivity index (χ4v) is 2.11. The van der Waals surface area contributed by atoms with Crippen LogP contribution < -0.4 is 9.47 Å². The number of hydrogen-bond donors (Lipinski definition) is 0. The van der Waals surface area contributed by atoms with Gasteiger partial charge in [-0.3, -0.25) is 0 Å². The third kappa shape index (κ3) is 4.61. The van der Waals surface area contributed by atoms with Gasteiger partial charge in [0.25, 0.3) is 0 Å². The Labute approximate surface area is 121 Å². The molecule has 0 aromatic heterocycles. The highest BCUT2D eigenvalue weighted by Crippen LogP contribution is 2.22. The third-order valence-electron chi connectivity index (χ3n) is 2.88. The molecule has 0 spiro atoms. The maximum absolute atomic E-state index is 5.96. The highest BCUT2D eigenvalue weighted by atomic mass is 16.5. The van der Waals surface area contributed by atoms with Crippen molar-refractivity contribution < 1.29 is 9.47 Å². The second-order valence-electron chi connectivity index (χ2n) is 5.26. The minimum Gasteiger partial charge on any atom is -0.491 e. The number of hydrogen-bond acceptors (Lipinski definition) is 2. The summed E-state index contributed by atoms with van der Waals surface area (Å²) in [6, 6.07) is 18.2. The highest BCUT2D eigenvalue weighted by Gasteiger charge is 2.06. The molecule has 0 saturated carbocycles. The van der Waals surface area contributed by atoms with Crippen molar-refractivity contribution in [1.29, 1.82) is 0 Å². The smallest absolute Gasteiger partial charge is 0.123 e.